The fourth-order valence-electron chi connectivity index (χ4n) is 1.24. The summed E-state index contributed by atoms with van der Waals surface area (Å²) in [5, 5.41) is 4.12. The predicted molar refractivity (Wildman–Crippen MR) is 60.8 cm³/mol. The Bertz CT molecular complexity index is 484. The maximum atomic E-state index is 13.7. The van der Waals surface area contributed by atoms with Crippen molar-refractivity contribution in [1.29, 1.82) is 0 Å². The standard InChI is InChI=1S/C10H7BrClFN2/c11-8-2-1-3-9(10(8)13)15-5-4-7(6-12)14-15/h1-5H,6H2. The van der Waals surface area contributed by atoms with Gasteiger partial charge in [0.2, 0.25) is 0 Å². The number of hydrogen-bond acceptors (Lipinski definition) is 1. The van der Waals surface area contributed by atoms with Crippen molar-refractivity contribution in [2.75, 3.05) is 0 Å². The summed E-state index contributed by atoms with van der Waals surface area (Å²) in [5.41, 5.74) is 1.12. The van der Waals surface area contributed by atoms with Crippen LogP contribution in [0.3, 0.4) is 0 Å². The Hall–Kier alpha value is -0.870. The normalized spacial score (nSPS) is 10.6. The van der Waals surface area contributed by atoms with E-state index in [0.717, 1.165) is 5.69 Å². The Balaban J connectivity index is 2.49. The van der Waals surface area contributed by atoms with Gasteiger partial charge in [-0.1, -0.05) is 6.07 Å². The van der Waals surface area contributed by atoms with Crippen LogP contribution in [-0.2, 0) is 5.88 Å². The van der Waals surface area contributed by atoms with Gasteiger partial charge in [-0.25, -0.2) is 9.07 Å². The van der Waals surface area contributed by atoms with Gasteiger partial charge in [0, 0.05) is 6.20 Å². The molecule has 0 unspecified atom stereocenters. The summed E-state index contributed by atoms with van der Waals surface area (Å²) in [5.74, 6) is -0.00969. The van der Waals surface area contributed by atoms with Crippen molar-refractivity contribution in [1.82, 2.24) is 9.78 Å². The topological polar surface area (TPSA) is 17.8 Å². The third-order valence-corrected chi connectivity index (χ3v) is 2.85. The molecule has 0 radical (unpaired) electrons. The Kier molecular flexibility index (Phi) is 3.07. The fourth-order valence-corrected chi connectivity index (χ4v) is 1.73. The van der Waals surface area contributed by atoms with Crippen molar-refractivity contribution in [3.05, 3.63) is 46.4 Å². The summed E-state index contributed by atoms with van der Waals surface area (Å²) in [4.78, 5) is 0. The number of halogens is 3. The highest BCUT2D eigenvalue weighted by molar-refractivity contribution is 9.10. The summed E-state index contributed by atoms with van der Waals surface area (Å²) in [7, 11) is 0. The van der Waals surface area contributed by atoms with E-state index in [1.165, 1.54) is 4.68 Å². The molecule has 0 saturated carbocycles. The fraction of sp³-hybridized carbons (Fsp3) is 0.100. The van der Waals surface area contributed by atoms with E-state index >= 15 is 0 Å². The first-order chi connectivity index (χ1) is 7.22. The van der Waals surface area contributed by atoms with Gasteiger partial charge in [0.05, 0.1) is 16.0 Å². The molecule has 2 nitrogen and oxygen atoms in total. The van der Waals surface area contributed by atoms with E-state index in [-0.39, 0.29) is 5.82 Å². The van der Waals surface area contributed by atoms with Crippen LogP contribution in [0.4, 0.5) is 4.39 Å². The van der Waals surface area contributed by atoms with E-state index < -0.39 is 0 Å². The van der Waals surface area contributed by atoms with Crippen LogP contribution in [0.2, 0.25) is 0 Å². The number of aromatic nitrogens is 2. The zero-order chi connectivity index (χ0) is 10.8. The first-order valence-corrected chi connectivity index (χ1v) is 5.60. The SMILES string of the molecule is Fc1c(Br)cccc1-n1ccc(CCl)n1. The van der Waals surface area contributed by atoms with Gasteiger partial charge < -0.3 is 0 Å². The molecular formula is C10H7BrClFN2. The molecule has 5 heteroatoms. The highest BCUT2D eigenvalue weighted by atomic mass is 79.9. The number of nitrogens with zero attached hydrogens (tertiary/aromatic N) is 2. The molecule has 0 amide bonds. The lowest BCUT2D eigenvalue weighted by molar-refractivity contribution is 0.604. The molecule has 0 atom stereocenters. The van der Waals surface area contributed by atoms with E-state index in [1.807, 2.05) is 0 Å². The van der Waals surface area contributed by atoms with E-state index in [9.17, 15) is 4.39 Å². The summed E-state index contributed by atoms with van der Waals surface area (Å²) in [6, 6.07) is 6.81. The van der Waals surface area contributed by atoms with E-state index in [2.05, 4.69) is 21.0 Å². The van der Waals surface area contributed by atoms with Gasteiger partial charge in [-0.15, -0.1) is 11.6 Å². The highest BCUT2D eigenvalue weighted by Gasteiger charge is 2.08. The summed E-state index contributed by atoms with van der Waals surface area (Å²) < 4.78 is 15.5. The van der Waals surface area contributed by atoms with E-state index in [1.54, 1.807) is 30.5 Å². The van der Waals surface area contributed by atoms with Crippen molar-refractivity contribution in [3.63, 3.8) is 0 Å². The molecule has 0 aliphatic carbocycles. The third-order valence-electron chi connectivity index (χ3n) is 1.96. The lowest BCUT2D eigenvalue weighted by Gasteiger charge is -2.03. The van der Waals surface area contributed by atoms with Crippen LogP contribution < -0.4 is 0 Å². The maximum Gasteiger partial charge on any atom is 0.162 e. The van der Waals surface area contributed by atoms with Gasteiger partial charge in [0.1, 0.15) is 5.69 Å². The second-order valence-electron chi connectivity index (χ2n) is 2.96. The van der Waals surface area contributed by atoms with Crippen molar-refractivity contribution in [3.8, 4) is 5.69 Å². The predicted octanol–water partition coefficient (Wildman–Crippen LogP) is 3.51. The van der Waals surface area contributed by atoms with Gasteiger partial charge in [-0.2, -0.15) is 5.10 Å². The smallest absolute Gasteiger partial charge is 0.162 e. The van der Waals surface area contributed by atoms with Crippen LogP contribution in [0.1, 0.15) is 5.69 Å². The molecule has 2 rings (SSSR count). The molecule has 0 aliphatic rings. The van der Waals surface area contributed by atoms with Crippen LogP contribution in [-0.4, -0.2) is 9.78 Å². The van der Waals surface area contributed by atoms with Crippen molar-refractivity contribution in [2.45, 2.75) is 5.88 Å². The number of hydrogen-bond donors (Lipinski definition) is 0. The quantitative estimate of drug-likeness (QED) is 0.774. The maximum absolute atomic E-state index is 13.7. The molecule has 0 aliphatic heterocycles. The number of benzene rings is 1. The minimum atomic E-state index is -0.332. The molecule has 15 heavy (non-hydrogen) atoms. The molecule has 1 heterocycles. The lowest BCUT2D eigenvalue weighted by Crippen LogP contribution is -1.99. The summed E-state index contributed by atoms with van der Waals surface area (Å²) in [6.07, 6.45) is 1.68. The van der Waals surface area contributed by atoms with Gasteiger partial charge in [-0.3, -0.25) is 0 Å². The van der Waals surface area contributed by atoms with Crippen molar-refractivity contribution < 1.29 is 4.39 Å². The van der Waals surface area contributed by atoms with Crippen molar-refractivity contribution in [2.24, 2.45) is 0 Å². The monoisotopic (exact) mass is 288 g/mol. The van der Waals surface area contributed by atoms with Crippen LogP contribution in [0.5, 0.6) is 0 Å². The zero-order valence-corrected chi connectivity index (χ0v) is 9.96. The second-order valence-corrected chi connectivity index (χ2v) is 4.08. The average molecular weight is 290 g/mol. The molecule has 1 aromatic carbocycles. The largest absolute Gasteiger partial charge is 0.238 e. The third kappa shape index (κ3) is 2.06. The Labute approximate surface area is 99.8 Å². The Morgan fingerprint density at radius 2 is 2.20 bits per heavy atom. The zero-order valence-electron chi connectivity index (χ0n) is 7.62. The lowest BCUT2D eigenvalue weighted by atomic mass is 10.3. The molecule has 1 aromatic heterocycles. The van der Waals surface area contributed by atoms with Crippen LogP contribution >= 0.6 is 27.5 Å². The first-order valence-electron chi connectivity index (χ1n) is 4.27. The van der Waals surface area contributed by atoms with Crippen LogP contribution in [0.15, 0.2) is 34.9 Å². The van der Waals surface area contributed by atoms with Crippen LogP contribution in [0, 0.1) is 5.82 Å². The molecule has 2 aromatic rings. The molecule has 0 fully saturated rings. The summed E-state index contributed by atoms with van der Waals surface area (Å²) in [6.45, 7) is 0. The molecule has 0 saturated heterocycles. The molecule has 78 valence electrons. The molecule has 0 spiro atoms. The molecule has 0 N–H and O–H groups in total. The Morgan fingerprint density at radius 3 is 2.87 bits per heavy atom. The average Bonchev–Trinajstić information content (AvgIpc) is 2.70. The van der Waals surface area contributed by atoms with Gasteiger partial charge in [-0.05, 0) is 34.1 Å². The van der Waals surface area contributed by atoms with Gasteiger partial charge in [0.15, 0.2) is 5.82 Å². The minimum absolute atomic E-state index is 0.322. The van der Waals surface area contributed by atoms with Crippen molar-refractivity contribution >= 4 is 27.5 Å². The summed E-state index contributed by atoms with van der Waals surface area (Å²) >= 11 is 8.74. The van der Waals surface area contributed by atoms with E-state index in [4.69, 9.17) is 11.6 Å². The van der Waals surface area contributed by atoms with Gasteiger partial charge >= 0.3 is 0 Å². The van der Waals surface area contributed by atoms with Crippen LogP contribution in [0.25, 0.3) is 5.69 Å². The van der Waals surface area contributed by atoms with E-state index in [0.29, 0.717) is 16.0 Å². The minimum Gasteiger partial charge on any atom is -0.238 e. The Morgan fingerprint density at radius 1 is 1.40 bits per heavy atom. The second kappa shape index (κ2) is 4.33. The molecular weight excluding hydrogens is 282 g/mol. The number of rotatable bonds is 2. The van der Waals surface area contributed by atoms with Gasteiger partial charge in [0.25, 0.3) is 0 Å². The first kappa shape index (κ1) is 10.6. The highest BCUT2D eigenvalue weighted by Crippen LogP contribution is 2.21. The molecule has 0 bridgehead atoms. The number of alkyl halides is 1.